The minimum Gasteiger partial charge on any atom is -0.465 e. The highest BCUT2D eigenvalue weighted by Gasteiger charge is 2.37. The van der Waals surface area contributed by atoms with Crippen molar-refractivity contribution in [3.05, 3.63) is 30.1 Å². The Morgan fingerprint density at radius 1 is 1.29 bits per heavy atom. The van der Waals surface area contributed by atoms with Crippen molar-refractivity contribution < 1.29 is 18.7 Å². The van der Waals surface area contributed by atoms with E-state index >= 15 is 0 Å². The van der Waals surface area contributed by atoms with Crippen molar-refractivity contribution in [2.45, 2.75) is 32.6 Å². The molecule has 0 radical (unpaired) electrons. The summed E-state index contributed by atoms with van der Waals surface area (Å²) < 4.78 is 17.9. The molecule has 0 saturated heterocycles. The van der Waals surface area contributed by atoms with E-state index in [2.05, 4.69) is 5.32 Å². The van der Waals surface area contributed by atoms with Gasteiger partial charge in [-0.25, -0.2) is 4.39 Å². The highest BCUT2D eigenvalue weighted by Crippen LogP contribution is 2.33. The molecule has 0 heterocycles. The third kappa shape index (κ3) is 4.03. The molecule has 1 saturated carbocycles. The van der Waals surface area contributed by atoms with E-state index in [9.17, 15) is 14.0 Å². The van der Waals surface area contributed by atoms with Gasteiger partial charge in [-0.2, -0.15) is 0 Å². The number of anilines is 1. The van der Waals surface area contributed by atoms with Crippen molar-refractivity contribution in [2.24, 2.45) is 11.8 Å². The Bertz CT molecular complexity index is 495. The van der Waals surface area contributed by atoms with Gasteiger partial charge in [-0.15, -0.1) is 0 Å². The van der Waals surface area contributed by atoms with Gasteiger partial charge in [0.15, 0.2) is 0 Å². The molecule has 4 nitrogen and oxygen atoms in total. The summed E-state index contributed by atoms with van der Waals surface area (Å²) in [4.78, 5) is 24.5. The van der Waals surface area contributed by atoms with E-state index in [-0.39, 0.29) is 24.2 Å². The predicted octanol–water partition coefficient (Wildman–Crippen LogP) is 3.13. The first-order chi connectivity index (χ1) is 10.1. The van der Waals surface area contributed by atoms with Crippen LogP contribution in [0.1, 0.15) is 32.6 Å². The van der Waals surface area contributed by atoms with Crippen LogP contribution in [0.2, 0.25) is 0 Å². The van der Waals surface area contributed by atoms with Crippen molar-refractivity contribution in [2.75, 3.05) is 11.9 Å². The Hall–Kier alpha value is -1.91. The van der Waals surface area contributed by atoms with Crippen molar-refractivity contribution in [1.29, 1.82) is 0 Å². The van der Waals surface area contributed by atoms with Crippen LogP contribution in [0.5, 0.6) is 0 Å². The number of rotatable bonds is 5. The summed E-state index contributed by atoms with van der Waals surface area (Å²) in [6, 6.07) is 5.49. The summed E-state index contributed by atoms with van der Waals surface area (Å²) in [6.07, 6.45) is 3.79. The number of carbonyl (C=O) groups excluding carboxylic acids is 2. The predicted molar refractivity (Wildman–Crippen MR) is 77.1 cm³/mol. The summed E-state index contributed by atoms with van der Waals surface area (Å²) in [6.45, 7) is 1.98. The van der Waals surface area contributed by atoms with Crippen LogP contribution in [-0.4, -0.2) is 18.5 Å². The second-order valence-electron chi connectivity index (χ2n) is 5.27. The fourth-order valence-corrected chi connectivity index (χ4v) is 2.79. The van der Waals surface area contributed by atoms with Crippen molar-refractivity contribution in [3.8, 4) is 0 Å². The number of amides is 1. The van der Waals surface area contributed by atoms with E-state index in [0.29, 0.717) is 5.69 Å². The van der Waals surface area contributed by atoms with Crippen LogP contribution in [0.3, 0.4) is 0 Å². The maximum Gasteiger partial charge on any atom is 0.318 e. The van der Waals surface area contributed by atoms with Gasteiger partial charge in [0, 0.05) is 5.69 Å². The average Bonchev–Trinajstić information content (AvgIpc) is 2.96. The molecule has 1 fully saturated rings. The summed E-state index contributed by atoms with van der Waals surface area (Å²) >= 11 is 0. The second kappa shape index (κ2) is 7.20. The number of nitrogens with one attached hydrogen (secondary N) is 1. The molecule has 1 aromatic rings. The smallest absolute Gasteiger partial charge is 0.318 e. The quantitative estimate of drug-likeness (QED) is 0.670. The highest BCUT2D eigenvalue weighted by atomic mass is 19.1. The molecule has 0 aliphatic heterocycles. The fourth-order valence-electron chi connectivity index (χ4n) is 2.79. The zero-order valence-electron chi connectivity index (χ0n) is 12.1. The van der Waals surface area contributed by atoms with Gasteiger partial charge in [0.05, 0.1) is 6.61 Å². The molecule has 1 unspecified atom stereocenters. The first-order valence-electron chi connectivity index (χ1n) is 7.35. The standard InChI is InChI=1S/C16H20FNO3/c1-2-21-16(20)14(11-5-3-4-6-11)15(19)18-13-9-7-12(17)8-10-13/h7-11,14H,2-6H2,1H3,(H,18,19). The molecule has 1 aliphatic rings. The van der Waals surface area contributed by atoms with E-state index in [1.165, 1.54) is 24.3 Å². The van der Waals surface area contributed by atoms with Crippen LogP contribution in [0, 0.1) is 17.7 Å². The average molecular weight is 293 g/mol. The molecule has 0 aromatic heterocycles. The number of hydrogen-bond donors (Lipinski definition) is 1. The largest absolute Gasteiger partial charge is 0.465 e. The summed E-state index contributed by atoms with van der Waals surface area (Å²) in [5.74, 6) is -1.95. The maximum atomic E-state index is 12.9. The van der Waals surface area contributed by atoms with Crippen LogP contribution in [0.25, 0.3) is 0 Å². The lowest BCUT2D eigenvalue weighted by Gasteiger charge is -2.21. The minimum atomic E-state index is -0.780. The van der Waals surface area contributed by atoms with Gasteiger partial charge in [-0.05, 0) is 49.9 Å². The molecule has 1 aromatic carbocycles. The maximum absolute atomic E-state index is 12.9. The van der Waals surface area contributed by atoms with Crippen LogP contribution < -0.4 is 5.32 Å². The minimum absolute atomic E-state index is 0.0319. The molecule has 0 spiro atoms. The molecule has 0 bridgehead atoms. The molecule has 2 rings (SSSR count). The van der Waals surface area contributed by atoms with Gasteiger partial charge < -0.3 is 10.1 Å². The number of halogens is 1. The first-order valence-corrected chi connectivity index (χ1v) is 7.35. The number of benzene rings is 1. The summed E-state index contributed by atoms with van der Waals surface area (Å²) in [5.41, 5.74) is 0.480. The number of hydrogen-bond acceptors (Lipinski definition) is 3. The molecule has 5 heteroatoms. The van der Waals surface area contributed by atoms with E-state index in [0.717, 1.165) is 25.7 Å². The van der Waals surface area contributed by atoms with E-state index in [4.69, 9.17) is 4.74 Å². The fraction of sp³-hybridized carbons (Fsp3) is 0.500. The molecule has 1 atom stereocenters. The Kier molecular flexibility index (Phi) is 5.31. The summed E-state index contributed by atoms with van der Waals surface area (Å²) in [7, 11) is 0. The van der Waals surface area contributed by atoms with Crippen LogP contribution >= 0.6 is 0 Å². The molecule has 114 valence electrons. The summed E-state index contributed by atoms with van der Waals surface area (Å²) in [5, 5.41) is 2.68. The lowest BCUT2D eigenvalue weighted by atomic mass is 9.90. The van der Waals surface area contributed by atoms with Crippen molar-refractivity contribution >= 4 is 17.6 Å². The normalized spacial score (nSPS) is 16.5. The molecular weight excluding hydrogens is 273 g/mol. The van der Waals surface area contributed by atoms with Crippen molar-refractivity contribution in [3.63, 3.8) is 0 Å². The Morgan fingerprint density at radius 2 is 1.90 bits per heavy atom. The van der Waals surface area contributed by atoms with Crippen LogP contribution in [-0.2, 0) is 14.3 Å². The third-order valence-electron chi connectivity index (χ3n) is 3.81. The van der Waals surface area contributed by atoms with E-state index in [1.807, 2.05) is 0 Å². The second-order valence-corrected chi connectivity index (χ2v) is 5.27. The van der Waals surface area contributed by atoms with E-state index in [1.54, 1.807) is 6.92 Å². The molecule has 1 aliphatic carbocycles. The van der Waals surface area contributed by atoms with Gasteiger partial charge in [-0.1, -0.05) is 12.8 Å². The number of ether oxygens (including phenoxy) is 1. The highest BCUT2D eigenvalue weighted by molar-refractivity contribution is 6.05. The lowest BCUT2D eigenvalue weighted by molar-refractivity contribution is -0.153. The zero-order chi connectivity index (χ0) is 15.2. The van der Waals surface area contributed by atoms with Gasteiger partial charge in [0.2, 0.25) is 5.91 Å². The number of esters is 1. The Morgan fingerprint density at radius 3 is 2.48 bits per heavy atom. The third-order valence-corrected chi connectivity index (χ3v) is 3.81. The van der Waals surface area contributed by atoms with Gasteiger partial charge in [-0.3, -0.25) is 9.59 Å². The molecule has 1 N–H and O–H groups in total. The monoisotopic (exact) mass is 293 g/mol. The number of carbonyl (C=O) groups is 2. The van der Waals surface area contributed by atoms with Crippen LogP contribution in [0.15, 0.2) is 24.3 Å². The molecule has 21 heavy (non-hydrogen) atoms. The first kappa shape index (κ1) is 15.5. The van der Waals surface area contributed by atoms with Gasteiger partial charge in [0.25, 0.3) is 0 Å². The topological polar surface area (TPSA) is 55.4 Å². The molecular formula is C16H20FNO3. The van der Waals surface area contributed by atoms with E-state index < -0.39 is 11.9 Å². The van der Waals surface area contributed by atoms with Crippen LogP contribution in [0.4, 0.5) is 10.1 Å². The molecule has 1 amide bonds. The van der Waals surface area contributed by atoms with Gasteiger partial charge in [0.1, 0.15) is 11.7 Å². The Balaban J connectivity index is 2.09. The lowest BCUT2D eigenvalue weighted by Crippen LogP contribution is -2.36. The Labute approximate surface area is 123 Å². The SMILES string of the molecule is CCOC(=O)C(C(=O)Nc1ccc(F)cc1)C1CCCC1. The van der Waals surface area contributed by atoms with Gasteiger partial charge >= 0.3 is 5.97 Å². The van der Waals surface area contributed by atoms with Crippen molar-refractivity contribution in [1.82, 2.24) is 0 Å². The zero-order valence-corrected chi connectivity index (χ0v) is 12.1.